The maximum absolute atomic E-state index is 11.5. The van der Waals surface area contributed by atoms with Gasteiger partial charge in [-0.2, -0.15) is 0 Å². The van der Waals surface area contributed by atoms with Crippen LogP contribution in [0.1, 0.15) is 39.0 Å². The lowest BCUT2D eigenvalue weighted by Gasteiger charge is -2.32. The second-order valence-electron chi connectivity index (χ2n) is 5.87. The molecule has 22 heavy (non-hydrogen) atoms. The molecule has 0 spiro atoms. The van der Waals surface area contributed by atoms with Crippen molar-refractivity contribution in [1.29, 1.82) is 0 Å². The van der Waals surface area contributed by atoms with Crippen LogP contribution in [-0.4, -0.2) is 56.3 Å². The fourth-order valence-electron chi connectivity index (χ4n) is 2.61. The molecule has 1 saturated heterocycles. The van der Waals surface area contributed by atoms with Gasteiger partial charge in [0.1, 0.15) is 0 Å². The first-order chi connectivity index (χ1) is 10.2. The Kier molecular flexibility index (Phi) is 8.89. The van der Waals surface area contributed by atoms with Gasteiger partial charge in [-0.3, -0.25) is 4.99 Å². The lowest BCUT2D eigenvalue weighted by molar-refractivity contribution is 0.111. The Bertz CT molecular complexity index is 367. The first-order valence-corrected chi connectivity index (χ1v) is 8.10. The topological polar surface area (TPSA) is 66.0 Å². The fourth-order valence-corrected chi connectivity index (χ4v) is 2.61. The van der Waals surface area contributed by atoms with E-state index in [2.05, 4.69) is 22.5 Å². The van der Waals surface area contributed by atoms with Crippen molar-refractivity contribution in [3.05, 3.63) is 0 Å². The molecule has 0 aromatic carbocycles. The number of likely N-dealkylation sites (tertiary alicyclic amines) is 1. The van der Waals surface area contributed by atoms with Gasteiger partial charge in [-0.25, -0.2) is 4.79 Å². The molecule has 2 aliphatic rings. The molecule has 0 unspecified atom stereocenters. The number of aliphatic imine (C=N–C) groups is 1. The Labute approximate surface area is 150 Å². The van der Waals surface area contributed by atoms with Crippen molar-refractivity contribution in [2.24, 2.45) is 10.9 Å². The highest BCUT2D eigenvalue weighted by Gasteiger charge is 2.24. The van der Waals surface area contributed by atoms with Crippen molar-refractivity contribution in [2.75, 3.05) is 33.3 Å². The Morgan fingerprint density at radius 1 is 1.27 bits per heavy atom. The summed E-state index contributed by atoms with van der Waals surface area (Å²) in [4.78, 5) is 17.9. The van der Waals surface area contributed by atoms with Gasteiger partial charge in [0.05, 0.1) is 7.11 Å². The van der Waals surface area contributed by atoms with E-state index in [1.165, 1.54) is 26.4 Å². The molecule has 2 rings (SSSR count). The zero-order chi connectivity index (χ0) is 15.1. The largest absolute Gasteiger partial charge is 0.453 e. The van der Waals surface area contributed by atoms with E-state index < -0.39 is 0 Å². The maximum Gasteiger partial charge on any atom is 0.409 e. The predicted octanol–water partition coefficient (Wildman–Crippen LogP) is 2.19. The van der Waals surface area contributed by atoms with Crippen LogP contribution >= 0.6 is 24.0 Å². The summed E-state index contributed by atoms with van der Waals surface area (Å²) in [6.45, 7) is 5.34. The van der Waals surface area contributed by atoms with Crippen LogP contribution in [0.25, 0.3) is 0 Å². The number of hydrogen-bond acceptors (Lipinski definition) is 3. The van der Waals surface area contributed by atoms with Crippen LogP contribution in [0.4, 0.5) is 4.79 Å². The monoisotopic (exact) mass is 424 g/mol. The lowest BCUT2D eigenvalue weighted by Crippen LogP contribution is -2.49. The summed E-state index contributed by atoms with van der Waals surface area (Å²) in [5.41, 5.74) is 0. The van der Waals surface area contributed by atoms with E-state index in [0.29, 0.717) is 6.04 Å². The molecular weight excluding hydrogens is 395 g/mol. The van der Waals surface area contributed by atoms with Gasteiger partial charge in [0, 0.05) is 32.2 Å². The average molecular weight is 424 g/mol. The molecule has 1 amide bonds. The number of hydrogen-bond donors (Lipinski definition) is 2. The van der Waals surface area contributed by atoms with Crippen molar-refractivity contribution >= 4 is 36.0 Å². The van der Waals surface area contributed by atoms with E-state index in [1.807, 2.05) is 0 Å². The molecule has 1 aliphatic carbocycles. The maximum atomic E-state index is 11.5. The number of carbonyl (C=O) groups excluding carboxylic acids is 1. The summed E-state index contributed by atoms with van der Waals surface area (Å²) in [6, 6.07) is 0.379. The van der Waals surface area contributed by atoms with Gasteiger partial charge in [0.2, 0.25) is 0 Å². The van der Waals surface area contributed by atoms with Gasteiger partial charge in [0.15, 0.2) is 5.96 Å². The molecule has 0 atom stereocenters. The highest BCUT2D eigenvalue weighted by atomic mass is 127. The quantitative estimate of drug-likeness (QED) is 0.404. The molecular formula is C15H29IN4O2. The zero-order valence-electron chi connectivity index (χ0n) is 13.6. The number of piperidine rings is 1. The van der Waals surface area contributed by atoms with Gasteiger partial charge in [-0.1, -0.05) is 12.8 Å². The second kappa shape index (κ2) is 10.1. The Morgan fingerprint density at radius 2 is 1.95 bits per heavy atom. The third-order valence-electron chi connectivity index (χ3n) is 4.12. The first kappa shape index (κ1) is 19.3. The number of methoxy groups -OCH3 is 1. The molecule has 6 nitrogen and oxygen atoms in total. The van der Waals surface area contributed by atoms with E-state index >= 15 is 0 Å². The SMILES string of the molecule is CCNC(=NCCC1CC1)NC1CCN(C(=O)OC)CC1.I. The minimum absolute atomic E-state index is 0. The summed E-state index contributed by atoms with van der Waals surface area (Å²) in [6.07, 6.45) is 5.61. The van der Waals surface area contributed by atoms with E-state index in [9.17, 15) is 4.79 Å². The van der Waals surface area contributed by atoms with Crippen LogP contribution in [0.2, 0.25) is 0 Å². The smallest absolute Gasteiger partial charge is 0.409 e. The molecule has 0 bridgehead atoms. The summed E-state index contributed by atoms with van der Waals surface area (Å²) in [7, 11) is 1.43. The van der Waals surface area contributed by atoms with Crippen LogP contribution < -0.4 is 10.6 Å². The summed E-state index contributed by atoms with van der Waals surface area (Å²) >= 11 is 0. The van der Waals surface area contributed by atoms with E-state index in [1.54, 1.807) is 4.90 Å². The highest BCUT2D eigenvalue weighted by Crippen LogP contribution is 2.32. The number of guanidine groups is 1. The van der Waals surface area contributed by atoms with Gasteiger partial charge >= 0.3 is 6.09 Å². The van der Waals surface area contributed by atoms with Crippen molar-refractivity contribution in [1.82, 2.24) is 15.5 Å². The fraction of sp³-hybridized carbons (Fsp3) is 0.867. The Balaban J connectivity index is 0.00000242. The predicted molar refractivity (Wildman–Crippen MR) is 98.9 cm³/mol. The molecule has 0 radical (unpaired) electrons. The van der Waals surface area contributed by atoms with Gasteiger partial charge < -0.3 is 20.3 Å². The third kappa shape index (κ3) is 6.58. The minimum atomic E-state index is -0.224. The number of nitrogens with one attached hydrogen (secondary N) is 2. The molecule has 2 fully saturated rings. The molecule has 1 aliphatic heterocycles. The van der Waals surface area contributed by atoms with Crippen molar-refractivity contribution in [2.45, 2.75) is 45.1 Å². The molecule has 2 N–H and O–H groups in total. The zero-order valence-corrected chi connectivity index (χ0v) is 16.0. The van der Waals surface area contributed by atoms with Gasteiger partial charge in [-0.15, -0.1) is 24.0 Å². The van der Waals surface area contributed by atoms with Crippen molar-refractivity contribution in [3.63, 3.8) is 0 Å². The summed E-state index contributed by atoms with van der Waals surface area (Å²) < 4.78 is 4.76. The summed E-state index contributed by atoms with van der Waals surface area (Å²) in [5, 5.41) is 6.79. The van der Waals surface area contributed by atoms with Crippen molar-refractivity contribution in [3.8, 4) is 0 Å². The molecule has 0 aromatic rings. The van der Waals surface area contributed by atoms with E-state index in [4.69, 9.17) is 4.74 Å². The van der Waals surface area contributed by atoms with Gasteiger partial charge in [0.25, 0.3) is 0 Å². The minimum Gasteiger partial charge on any atom is -0.453 e. The Hall–Kier alpha value is -0.730. The number of carbonyl (C=O) groups is 1. The summed E-state index contributed by atoms with van der Waals surface area (Å²) in [5.74, 6) is 1.83. The molecule has 128 valence electrons. The van der Waals surface area contributed by atoms with Crippen LogP contribution in [0, 0.1) is 5.92 Å². The number of ether oxygens (including phenoxy) is 1. The lowest BCUT2D eigenvalue weighted by atomic mass is 10.1. The first-order valence-electron chi connectivity index (χ1n) is 8.10. The second-order valence-corrected chi connectivity index (χ2v) is 5.87. The standard InChI is InChI=1S/C15H28N4O2.HI/c1-3-16-14(17-9-6-12-4-5-12)18-13-7-10-19(11-8-13)15(20)21-2;/h12-13H,3-11H2,1-2H3,(H2,16,17,18);1H. The van der Waals surface area contributed by atoms with Crippen LogP contribution in [0.3, 0.4) is 0 Å². The van der Waals surface area contributed by atoms with Crippen LogP contribution in [0.5, 0.6) is 0 Å². The van der Waals surface area contributed by atoms with Gasteiger partial charge in [-0.05, 0) is 32.1 Å². The van der Waals surface area contributed by atoms with Crippen molar-refractivity contribution < 1.29 is 9.53 Å². The van der Waals surface area contributed by atoms with Crippen LogP contribution in [-0.2, 0) is 4.74 Å². The molecule has 0 aromatic heterocycles. The molecule has 7 heteroatoms. The number of halogens is 1. The number of rotatable bonds is 5. The highest BCUT2D eigenvalue weighted by molar-refractivity contribution is 14.0. The van der Waals surface area contributed by atoms with E-state index in [0.717, 1.165) is 50.9 Å². The normalized spacial score (nSPS) is 19.4. The third-order valence-corrected chi connectivity index (χ3v) is 4.12. The van der Waals surface area contributed by atoms with E-state index in [-0.39, 0.29) is 30.1 Å². The number of amides is 1. The molecule has 1 saturated carbocycles. The number of nitrogens with zero attached hydrogens (tertiary/aromatic N) is 2. The van der Waals surface area contributed by atoms with Crippen LogP contribution in [0.15, 0.2) is 4.99 Å². The molecule has 1 heterocycles. The average Bonchev–Trinajstić information content (AvgIpc) is 3.31. The Morgan fingerprint density at radius 3 is 2.50 bits per heavy atom.